The van der Waals surface area contributed by atoms with Crippen LogP contribution in [0.5, 0.6) is 5.75 Å². The number of hydrogen-bond acceptors (Lipinski definition) is 6. The van der Waals surface area contributed by atoms with Crippen LogP contribution >= 0.6 is 0 Å². The number of hydrogen-bond donors (Lipinski definition) is 2. The number of pyridine rings is 1. The van der Waals surface area contributed by atoms with E-state index in [1.807, 2.05) is 35.6 Å². The number of H-pyrrole nitrogens is 1. The standard InChI is InChI=1S/C20H19N5O3/c1-12-21-10-16(22-12)18-19(23-14-5-7-15(27-2)8-6-14)25-11-13(20(26)28-3)4-9-17(25)24-18/h4-11,23H,1-3H3,(H,21,22). The highest BCUT2D eigenvalue weighted by Gasteiger charge is 2.18. The summed E-state index contributed by atoms with van der Waals surface area (Å²) in [7, 11) is 2.98. The molecular formula is C20H19N5O3. The van der Waals surface area contributed by atoms with Crippen LogP contribution in [0, 0.1) is 6.92 Å². The maximum absolute atomic E-state index is 12.0. The lowest BCUT2D eigenvalue weighted by molar-refractivity contribution is 0.0600. The van der Waals surface area contributed by atoms with Crippen LogP contribution < -0.4 is 10.1 Å². The number of imidazole rings is 2. The maximum Gasteiger partial charge on any atom is 0.339 e. The average Bonchev–Trinajstić information content (AvgIpc) is 3.31. The number of benzene rings is 1. The first-order chi connectivity index (χ1) is 13.6. The van der Waals surface area contributed by atoms with E-state index in [1.54, 1.807) is 31.6 Å². The number of esters is 1. The molecule has 0 saturated heterocycles. The van der Waals surface area contributed by atoms with Crippen LogP contribution in [0.25, 0.3) is 17.0 Å². The van der Waals surface area contributed by atoms with Gasteiger partial charge in [0.25, 0.3) is 0 Å². The van der Waals surface area contributed by atoms with Crippen molar-refractivity contribution in [2.24, 2.45) is 0 Å². The van der Waals surface area contributed by atoms with Gasteiger partial charge in [-0.05, 0) is 43.3 Å². The van der Waals surface area contributed by atoms with Crippen molar-refractivity contribution < 1.29 is 14.3 Å². The highest BCUT2D eigenvalue weighted by Crippen LogP contribution is 2.31. The van der Waals surface area contributed by atoms with Crippen molar-refractivity contribution in [3.05, 3.63) is 60.2 Å². The molecule has 3 heterocycles. The average molecular weight is 377 g/mol. The van der Waals surface area contributed by atoms with Crippen LogP contribution in [0.15, 0.2) is 48.8 Å². The fourth-order valence-corrected chi connectivity index (χ4v) is 2.93. The zero-order valence-electron chi connectivity index (χ0n) is 15.7. The van der Waals surface area contributed by atoms with Crippen molar-refractivity contribution in [2.45, 2.75) is 6.92 Å². The Bertz CT molecular complexity index is 1140. The fourth-order valence-electron chi connectivity index (χ4n) is 2.93. The molecule has 0 unspecified atom stereocenters. The topological polar surface area (TPSA) is 93.5 Å². The molecule has 28 heavy (non-hydrogen) atoms. The third kappa shape index (κ3) is 3.16. The molecule has 0 atom stereocenters. The number of rotatable bonds is 5. The molecule has 8 nitrogen and oxygen atoms in total. The second-order valence-electron chi connectivity index (χ2n) is 6.17. The molecule has 3 aromatic heterocycles. The minimum Gasteiger partial charge on any atom is -0.497 e. The van der Waals surface area contributed by atoms with Gasteiger partial charge < -0.3 is 19.8 Å². The molecule has 0 saturated carbocycles. The summed E-state index contributed by atoms with van der Waals surface area (Å²) in [6, 6.07) is 11.0. The van der Waals surface area contributed by atoms with Crippen LogP contribution in [0.1, 0.15) is 16.2 Å². The molecule has 4 rings (SSSR count). The van der Waals surface area contributed by atoms with Gasteiger partial charge in [0.1, 0.15) is 34.4 Å². The normalized spacial score (nSPS) is 10.8. The smallest absolute Gasteiger partial charge is 0.339 e. The monoisotopic (exact) mass is 377 g/mol. The van der Waals surface area contributed by atoms with E-state index in [4.69, 9.17) is 14.5 Å². The summed E-state index contributed by atoms with van der Waals surface area (Å²) in [6.45, 7) is 1.88. The second-order valence-corrected chi connectivity index (χ2v) is 6.17. The number of aromatic amines is 1. The number of carbonyl (C=O) groups is 1. The van der Waals surface area contributed by atoms with Gasteiger partial charge in [-0.3, -0.25) is 4.40 Å². The van der Waals surface area contributed by atoms with Crippen LogP contribution in [-0.2, 0) is 4.74 Å². The molecule has 4 aromatic rings. The van der Waals surface area contributed by atoms with Crippen LogP contribution in [0.3, 0.4) is 0 Å². The Labute approximate surface area is 161 Å². The number of nitrogens with one attached hydrogen (secondary N) is 2. The minimum absolute atomic E-state index is 0.414. The Kier molecular flexibility index (Phi) is 4.44. The van der Waals surface area contributed by atoms with Crippen molar-refractivity contribution in [3.63, 3.8) is 0 Å². The van der Waals surface area contributed by atoms with Crippen LogP contribution in [0.4, 0.5) is 11.5 Å². The summed E-state index contributed by atoms with van der Waals surface area (Å²) in [5.41, 5.74) is 3.33. The Hall–Kier alpha value is -3.81. The van der Waals surface area contributed by atoms with Gasteiger partial charge in [0.2, 0.25) is 0 Å². The largest absolute Gasteiger partial charge is 0.497 e. The zero-order valence-corrected chi connectivity index (χ0v) is 15.7. The predicted octanol–water partition coefficient (Wildman–Crippen LogP) is 3.57. The van der Waals surface area contributed by atoms with Gasteiger partial charge in [0, 0.05) is 18.1 Å². The molecule has 0 radical (unpaired) electrons. The zero-order chi connectivity index (χ0) is 19.7. The lowest BCUT2D eigenvalue weighted by atomic mass is 10.2. The van der Waals surface area contributed by atoms with Crippen molar-refractivity contribution in [3.8, 4) is 17.1 Å². The molecule has 0 fully saturated rings. The first-order valence-corrected chi connectivity index (χ1v) is 8.63. The van der Waals surface area contributed by atoms with E-state index in [0.29, 0.717) is 28.4 Å². The summed E-state index contributed by atoms with van der Waals surface area (Å²) in [4.78, 5) is 24.2. The second kappa shape index (κ2) is 7.07. The molecule has 0 amide bonds. The van der Waals surface area contributed by atoms with Crippen molar-refractivity contribution in [2.75, 3.05) is 19.5 Å². The third-order valence-corrected chi connectivity index (χ3v) is 4.34. The maximum atomic E-state index is 12.0. The molecule has 0 spiro atoms. The number of fused-ring (bicyclic) bond motifs is 1. The Balaban J connectivity index is 1.86. The van der Waals surface area contributed by atoms with E-state index in [2.05, 4.69) is 15.3 Å². The summed E-state index contributed by atoms with van der Waals surface area (Å²) in [5, 5.41) is 3.38. The predicted molar refractivity (Wildman–Crippen MR) is 105 cm³/mol. The van der Waals surface area contributed by atoms with E-state index >= 15 is 0 Å². The SMILES string of the molecule is COC(=O)c1ccc2nc(-c3c[nH]c(C)n3)c(Nc3ccc(OC)cc3)n2c1. The lowest BCUT2D eigenvalue weighted by Gasteiger charge is -2.09. The highest BCUT2D eigenvalue weighted by molar-refractivity contribution is 5.90. The Morgan fingerprint density at radius 1 is 1.11 bits per heavy atom. The van der Waals surface area contributed by atoms with E-state index in [1.165, 1.54) is 7.11 Å². The van der Waals surface area contributed by atoms with Gasteiger partial charge in [0.05, 0.1) is 19.8 Å². The lowest BCUT2D eigenvalue weighted by Crippen LogP contribution is -2.04. The summed E-state index contributed by atoms with van der Waals surface area (Å²) in [6.07, 6.45) is 3.50. The van der Waals surface area contributed by atoms with E-state index in [9.17, 15) is 4.79 Å². The van der Waals surface area contributed by atoms with Gasteiger partial charge in [-0.2, -0.15) is 0 Å². The number of aromatic nitrogens is 4. The Morgan fingerprint density at radius 2 is 1.89 bits per heavy atom. The third-order valence-electron chi connectivity index (χ3n) is 4.34. The van der Waals surface area contributed by atoms with Crippen molar-refractivity contribution in [1.29, 1.82) is 0 Å². The van der Waals surface area contributed by atoms with Gasteiger partial charge in [-0.25, -0.2) is 14.8 Å². The summed E-state index contributed by atoms with van der Waals surface area (Å²) >= 11 is 0. The van der Waals surface area contributed by atoms with Gasteiger partial charge in [-0.1, -0.05) is 0 Å². The molecular weight excluding hydrogens is 358 g/mol. The molecule has 0 aliphatic heterocycles. The van der Waals surface area contributed by atoms with Gasteiger partial charge in [0.15, 0.2) is 0 Å². The first-order valence-electron chi connectivity index (χ1n) is 8.63. The van der Waals surface area contributed by atoms with Crippen LogP contribution in [0.2, 0.25) is 0 Å². The van der Waals surface area contributed by atoms with Crippen LogP contribution in [-0.4, -0.2) is 39.5 Å². The molecule has 0 bridgehead atoms. The number of nitrogens with zero attached hydrogens (tertiary/aromatic N) is 3. The molecule has 0 aliphatic carbocycles. The number of aryl methyl sites for hydroxylation is 1. The van der Waals surface area contributed by atoms with Crippen molar-refractivity contribution in [1.82, 2.24) is 19.4 Å². The van der Waals surface area contributed by atoms with Gasteiger partial charge >= 0.3 is 5.97 Å². The fraction of sp³-hybridized carbons (Fsp3) is 0.150. The molecule has 1 aromatic carbocycles. The van der Waals surface area contributed by atoms with Crippen molar-refractivity contribution >= 4 is 23.1 Å². The first kappa shape index (κ1) is 17.6. The number of ether oxygens (including phenoxy) is 2. The number of methoxy groups -OCH3 is 2. The molecule has 2 N–H and O–H groups in total. The Morgan fingerprint density at radius 3 is 2.54 bits per heavy atom. The van der Waals surface area contributed by atoms with E-state index in [-0.39, 0.29) is 0 Å². The minimum atomic E-state index is -0.414. The number of anilines is 2. The van der Waals surface area contributed by atoms with E-state index < -0.39 is 5.97 Å². The summed E-state index contributed by atoms with van der Waals surface area (Å²) in [5.74, 6) is 1.83. The summed E-state index contributed by atoms with van der Waals surface area (Å²) < 4.78 is 11.9. The molecule has 0 aliphatic rings. The highest BCUT2D eigenvalue weighted by atomic mass is 16.5. The van der Waals surface area contributed by atoms with E-state index in [0.717, 1.165) is 17.3 Å². The molecule has 8 heteroatoms. The molecule has 142 valence electrons. The quantitative estimate of drug-likeness (QED) is 0.517. The number of carbonyl (C=O) groups excluding carboxylic acids is 1. The van der Waals surface area contributed by atoms with Gasteiger partial charge in [-0.15, -0.1) is 0 Å².